The molecule has 2 fully saturated rings. The van der Waals surface area contributed by atoms with Gasteiger partial charge in [0.05, 0.1) is 6.61 Å². The molecule has 2 saturated heterocycles. The van der Waals surface area contributed by atoms with Crippen LogP contribution in [0.2, 0.25) is 0 Å². The molecule has 3 heteroatoms. The molecule has 0 radical (unpaired) electrons. The molecule has 2 aliphatic heterocycles. The van der Waals surface area contributed by atoms with Gasteiger partial charge in [0.2, 0.25) is 0 Å². The summed E-state index contributed by atoms with van der Waals surface area (Å²) >= 11 is 0. The highest BCUT2D eigenvalue weighted by Gasteiger charge is 2.28. The predicted octanol–water partition coefficient (Wildman–Crippen LogP) is 1.73. The smallest absolute Gasteiger partial charge is 0.330 e. The van der Waals surface area contributed by atoms with Gasteiger partial charge in [-0.15, -0.1) is 0 Å². The molecule has 0 spiro atoms. The number of fused-ring (bicyclic) bond motifs is 1. The number of carbonyl (C=O) groups is 1. The monoisotopic (exact) mass is 209 g/mol. The maximum atomic E-state index is 11.3. The lowest BCUT2D eigenvalue weighted by molar-refractivity contribution is -0.137. The zero-order chi connectivity index (χ0) is 10.7. The quantitative estimate of drug-likeness (QED) is 0.512. The van der Waals surface area contributed by atoms with Gasteiger partial charge in [0.15, 0.2) is 0 Å². The van der Waals surface area contributed by atoms with Gasteiger partial charge in [-0.3, -0.25) is 4.90 Å². The van der Waals surface area contributed by atoms with E-state index in [1.54, 1.807) is 6.08 Å². The van der Waals surface area contributed by atoms with Crippen molar-refractivity contribution < 1.29 is 9.53 Å². The number of hydrogen-bond donors (Lipinski definition) is 0. The maximum Gasteiger partial charge on any atom is 0.330 e. The molecular formula is C12H19NO2. The van der Waals surface area contributed by atoms with Gasteiger partial charge in [-0.05, 0) is 39.2 Å². The number of piperidine rings is 1. The minimum atomic E-state index is -0.168. The zero-order valence-corrected chi connectivity index (χ0v) is 9.37. The molecule has 0 aromatic carbocycles. The third-order valence-electron chi connectivity index (χ3n) is 3.33. The van der Waals surface area contributed by atoms with Crippen LogP contribution in [-0.2, 0) is 9.53 Å². The van der Waals surface area contributed by atoms with Crippen LogP contribution < -0.4 is 0 Å². The number of esters is 1. The molecule has 0 bridgehead atoms. The van der Waals surface area contributed by atoms with Gasteiger partial charge < -0.3 is 4.74 Å². The van der Waals surface area contributed by atoms with Crippen LogP contribution in [0.3, 0.4) is 0 Å². The lowest BCUT2D eigenvalue weighted by Gasteiger charge is -2.30. The Labute approximate surface area is 91.1 Å². The van der Waals surface area contributed by atoms with Crippen molar-refractivity contribution in [3.8, 4) is 0 Å². The first-order valence-corrected chi connectivity index (χ1v) is 5.90. The molecule has 0 aromatic heterocycles. The van der Waals surface area contributed by atoms with Crippen molar-refractivity contribution in [1.29, 1.82) is 0 Å². The van der Waals surface area contributed by atoms with Gasteiger partial charge in [-0.1, -0.05) is 5.57 Å². The van der Waals surface area contributed by atoms with Gasteiger partial charge in [0.25, 0.3) is 0 Å². The third kappa shape index (κ3) is 2.59. The van der Waals surface area contributed by atoms with Crippen molar-refractivity contribution in [2.75, 3.05) is 19.7 Å². The van der Waals surface area contributed by atoms with Crippen molar-refractivity contribution in [1.82, 2.24) is 4.90 Å². The minimum absolute atomic E-state index is 0.168. The van der Waals surface area contributed by atoms with E-state index in [-0.39, 0.29) is 5.97 Å². The topological polar surface area (TPSA) is 29.5 Å². The second-order valence-electron chi connectivity index (χ2n) is 4.34. The Kier molecular flexibility index (Phi) is 3.41. The number of ether oxygens (including phenoxy) is 1. The molecule has 2 heterocycles. The number of carbonyl (C=O) groups excluding carboxylic acids is 1. The van der Waals surface area contributed by atoms with E-state index in [1.165, 1.54) is 25.0 Å². The summed E-state index contributed by atoms with van der Waals surface area (Å²) in [4.78, 5) is 13.8. The molecule has 2 aliphatic rings. The van der Waals surface area contributed by atoms with E-state index < -0.39 is 0 Å². The lowest BCUT2D eigenvalue weighted by Crippen LogP contribution is -2.35. The normalized spacial score (nSPS) is 29.1. The van der Waals surface area contributed by atoms with Gasteiger partial charge in [0, 0.05) is 18.7 Å². The summed E-state index contributed by atoms with van der Waals surface area (Å²) in [6.07, 6.45) is 6.42. The summed E-state index contributed by atoms with van der Waals surface area (Å²) in [5.41, 5.74) is 1.27. The summed E-state index contributed by atoms with van der Waals surface area (Å²) in [6, 6.07) is 0.694. The van der Waals surface area contributed by atoms with Crippen LogP contribution in [0.5, 0.6) is 0 Å². The maximum absolute atomic E-state index is 11.3. The molecule has 0 amide bonds. The molecule has 84 valence electrons. The molecule has 3 nitrogen and oxygen atoms in total. The van der Waals surface area contributed by atoms with Crippen LogP contribution in [0.25, 0.3) is 0 Å². The first kappa shape index (κ1) is 10.7. The van der Waals surface area contributed by atoms with E-state index in [4.69, 9.17) is 4.74 Å². The molecule has 0 aliphatic carbocycles. The van der Waals surface area contributed by atoms with Crippen LogP contribution in [0.15, 0.2) is 11.6 Å². The fourth-order valence-electron chi connectivity index (χ4n) is 2.59. The minimum Gasteiger partial charge on any atom is -0.463 e. The predicted molar refractivity (Wildman–Crippen MR) is 58.5 cm³/mol. The van der Waals surface area contributed by atoms with Gasteiger partial charge in [-0.25, -0.2) is 4.79 Å². The van der Waals surface area contributed by atoms with Crippen LogP contribution in [0.1, 0.15) is 32.6 Å². The van der Waals surface area contributed by atoms with Crippen molar-refractivity contribution in [2.45, 2.75) is 38.6 Å². The number of hydrogen-bond acceptors (Lipinski definition) is 3. The molecule has 0 N–H and O–H groups in total. The largest absolute Gasteiger partial charge is 0.463 e. The molecule has 15 heavy (non-hydrogen) atoms. The molecular weight excluding hydrogens is 190 g/mol. The average Bonchev–Trinajstić information content (AvgIpc) is 2.65. The number of rotatable bonds is 2. The summed E-state index contributed by atoms with van der Waals surface area (Å²) in [5.74, 6) is -0.168. The van der Waals surface area contributed by atoms with E-state index in [1.807, 2.05) is 6.92 Å². The molecule has 0 unspecified atom stereocenters. The van der Waals surface area contributed by atoms with Gasteiger partial charge >= 0.3 is 5.97 Å². The van der Waals surface area contributed by atoms with E-state index in [0.29, 0.717) is 12.6 Å². The fraction of sp³-hybridized carbons (Fsp3) is 0.750. The summed E-state index contributed by atoms with van der Waals surface area (Å²) in [5, 5.41) is 0. The molecule has 2 rings (SSSR count). The zero-order valence-electron chi connectivity index (χ0n) is 9.37. The fourth-order valence-corrected chi connectivity index (χ4v) is 2.59. The average molecular weight is 209 g/mol. The van der Waals surface area contributed by atoms with E-state index >= 15 is 0 Å². The summed E-state index contributed by atoms with van der Waals surface area (Å²) < 4.78 is 4.93. The SMILES string of the molecule is CCOC(=O)C=C1CCN2CCC[C@H]2C1. The van der Waals surface area contributed by atoms with Crippen LogP contribution in [0, 0.1) is 0 Å². The van der Waals surface area contributed by atoms with Crippen molar-refractivity contribution in [3.05, 3.63) is 11.6 Å². The Morgan fingerprint density at radius 3 is 3.27 bits per heavy atom. The Morgan fingerprint density at radius 1 is 1.60 bits per heavy atom. The highest BCUT2D eigenvalue weighted by Crippen LogP contribution is 2.29. The van der Waals surface area contributed by atoms with Crippen molar-refractivity contribution in [3.63, 3.8) is 0 Å². The first-order valence-electron chi connectivity index (χ1n) is 5.90. The van der Waals surface area contributed by atoms with E-state index in [0.717, 1.165) is 19.4 Å². The Hall–Kier alpha value is -0.830. The van der Waals surface area contributed by atoms with Crippen LogP contribution in [0.4, 0.5) is 0 Å². The molecule has 0 saturated carbocycles. The molecule has 1 atom stereocenters. The van der Waals surface area contributed by atoms with Crippen LogP contribution >= 0.6 is 0 Å². The summed E-state index contributed by atoms with van der Waals surface area (Å²) in [7, 11) is 0. The number of nitrogens with zero attached hydrogens (tertiary/aromatic N) is 1. The van der Waals surface area contributed by atoms with Crippen LogP contribution in [-0.4, -0.2) is 36.6 Å². The van der Waals surface area contributed by atoms with Gasteiger partial charge in [-0.2, -0.15) is 0 Å². The highest BCUT2D eigenvalue weighted by atomic mass is 16.5. The second-order valence-corrected chi connectivity index (χ2v) is 4.34. The highest BCUT2D eigenvalue weighted by molar-refractivity contribution is 5.82. The lowest BCUT2D eigenvalue weighted by atomic mass is 9.97. The Bertz CT molecular complexity index is 273. The third-order valence-corrected chi connectivity index (χ3v) is 3.33. The van der Waals surface area contributed by atoms with Gasteiger partial charge in [0.1, 0.15) is 0 Å². The first-order chi connectivity index (χ1) is 7.29. The Balaban J connectivity index is 1.91. The molecule has 0 aromatic rings. The summed E-state index contributed by atoms with van der Waals surface area (Å²) in [6.45, 7) is 4.68. The Morgan fingerprint density at radius 2 is 2.47 bits per heavy atom. The standard InChI is InChI=1S/C12H19NO2/c1-2-15-12(14)9-10-5-7-13-6-3-4-11(13)8-10/h9,11H,2-8H2,1H3/t11-/m0/s1. The van der Waals surface area contributed by atoms with E-state index in [9.17, 15) is 4.79 Å². The van der Waals surface area contributed by atoms with E-state index in [2.05, 4.69) is 4.90 Å². The van der Waals surface area contributed by atoms with Crippen molar-refractivity contribution >= 4 is 5.97 Å². The van der Waals surface area contributed by atoms with Crippen molar-refractivity contribution in [2.24, 2.45) is 0 Å². The second kappa shape index (κ2) is 4.79.